The molecule has 2 aromatic rings. The van der Waals surface area contributed by atoms with Gasteiger partial charge in [-0.05, 0) is 68.1 Å². The molecular weight excluding hydrogens is 561 g/mol. The van der Waals surface area contributed by atoms with E-state index in [1.54, 1.807) is 11.8 Å². The van der Waals surface area contributed by atoms with Crippen LogP contribution >= 0.6 is 15.9 Å². The summed E-state index contributed by atoms with van der Waals surface area (Å²) in [6, 6.07) is 12.2. The molecule has 0 saturated heterocycles. The molecule has 1 aliphatic rings. The van der Waals surface area contributed by atoms with Crippen LogP contribution in [0.1, 0.15) is 57.4 Å². The van der Waals surface area contributed by atoms with Crippen LogP contribution in [-0.4, -0.2) is 50.0 Å². The molecule has 1 fully saturated rings. The van der Waals surface area contributed by atoms with Crippen LogP contribution in [0.15, 0.2) is 53.0 Å². The van der Waals surface area contributed by atoms with E-state index in [1.807, 2.05) is 24.3 Å². The van der Waals surface area contributed by atoms with Crippen molar-refractivity contribution in [1.82, 2.24) is 10.2 Å². The van der Waals surface area contributed by atoms with Crippen molar-refractivity contribution in [3.63, 3.8) is 0 Å². The molecule has 7 nitrogen and oxygen atoms in total. The van der Waals surface area contributed by atoms with Crippen molar-refractivity contribution in [3.8, 4) is 0 Å². The van der Waals surface area contributed by atoms with Gasteiger partial charge in [-0.25, -0.2) is 12.8 Å². The molecule has 1 atom stereocenters. The number of benzene rings is 2. The average Bonchev–Trinajstić information content (AvgIpc) is 2.86. The monoisotopic (exact) mass is 595 g/mol. The van der Waals surface area contributed by atoms with Gasteiger partial charge in [0.15, 0.2) is 0 Å². The summed E-state index contributed by atoms with van der Waals surface area (Å²) in [6.07, 6.45) is 6.64. The fourth-order valence-electron chi connectivity index (χ4n) is 4.55. The summed E-state index contributed by atoms with van der Waals surface area (Å²) < 4.78 is 40.1. The standard InChI is InChI=1S/C27H35BrFN3O4S/c1-20(27(34)30-24-7-4-3-5-8-24)31(19-21-10-12-22(28)13-11-21)26(33)9-6-18-32(37(2,35)36)25-16-14-23(29)15-17-25/h10-17,20,24H,3-9,18-19H2,1-2H3,(H,30,34)/t20-/m1/s1. The first-order valence-electron chi connectivity index (χ1n) is 12.6. The van der Waals surface area contributed by atoms with E-state index in [-0.39, 0.29) is 43.8 Å². The maximum absolute atomic E-state index is 13.4. The molecule has 0 radical (unpaired) electrons. The highest BCUT2D eigenvalue weighted by atomic mass is 79.9. The first-order valence-corrected chi connectivity index (χ1v) is 15.3. The third kappa shape index (κ3) is 8.81. The molecule has 2 aromatic carbocycles. The molecule has 0 spiro atoms. The molecule has 10 heteroatoms. The van der Waals surface area contributed by atoms with Crippen LogP contribution in [0.25, 0.3) is 0 Å². The maximum atomic E-state index is 13.4. The van der Waals surface area contributed by atoms with Gasteiger partial charge in [0.25, 0.3) is 0 Å². The number of nitrogens with zero attached hydrogens (tertiary/aromatic N) is 2. The molecule has 0 heterocycles. The Morgan fingerprint density at radius 3 is 2.27 bits per heavy atom. The lowest BCUT2D eigenvalue weighted by atomic mass is 9.95. The smallest absolute Gasteiger partial charge is 0.242 e. The summed E-state index contributed by atoms with van der Waals surface area (Å²) in [6.45, 7) is 2.06. The van der Waals surface area contributed by atoms with Crippen molar-refractivity contribution in [2.45, 2.75) is 70.5 Å². The van der Waals surface area contributed by atoms with E-state index in [0.29, 0.717) is 5.69 Å². The van der Waals surface area contributed by atoms with E-state index in [0.717, 1.165) is 46.3 Å². The summed E-state index contributed by atoms with van der Waals surface area (Å²) in [4.78, 5) is 28.0. The van der Waals surface area contributed by atoms with Crippen molar-refractivity contribution < 1.29 is 22.4 Å². The van der Waals surface area contributed by atoms with Crippen molar-refractivity contribution >= 4 is 43.5 Å². The van der Waals surface area contributed by atoms with Gasteiger partial charge in [-0.1, -0.05) is 47.3 Å². The number of hydrogen-bond acceptors (Lipinski definition) is 4. The predicted molar refractivity (Wildman–Crippen MR) is 147 cm³/mol. The van der Waals surface area contributed by atoms with Crippen LogP contribution in [0, 0.1) is 5.82 Å². The molecule has 2 amide bonds. The highest BCUT2D eigenvalue weighted by Crippen LogP contribution is 2.21. The number of anilines is 1. The highest BCUT2D eigenvalue weighted by molar-refractivity contribution is 9.10. The Labute approximate surface area is 227 Å². The van der Waals surface area contributed by atoms with Crippen LogP contribution < -0.4 is 9.62 Å². The van der Waals surface area contributed by atoms with Crippen LogP contribution in [0.2, 0.25) is 0 Å². The van der Waals surface area contributed by atoms with E-state index in [1.165, 1.54) is 30.7 Å². The molecule has 1 N–H and O–H groups in total. The molecule has 0 aromatic heterocycles. The second kappa shape index (κ2) is 13.4. The van der Waals surface area contributed by atoms with Gasteiger partial charge in [-0.2, -0.15) is 0 Å². The van der Waals surface area contributed by atoms with Crippen molar-refractivity contribution in [1.29, 1.82) is 0 Å². The van der Waals surface area contributed by atoms with Gasteiger partial charge in [0, 0.05) is 30.0 Å². The summed E-state index contributed by atoms with van der Waals surface area (Å²) in [7, 11) is -3.63. The molecule has 202 valence electrons. The number of amides is 2. The Bertz CT molecular complexity index is 1150. The van der Waals surface area contributed by atoms with Gasteiger partial charge in [-0.15, -0.1) is 0 Å². The zero-order chi connectivity index (χ0) is 27.0. The second-order valence-electron chi connectivity index (χ2n) is 9.58. The fraction of sp³-hybridized carbons (Fsp3) is 0.481. The molecule has 37 heavy (non-hydrogen) atoms. The number of carbonyl (C=O) groups excluding carboxylic acids is 2. The average molecular weight is 597 g/mol. The molecule has 1 aliphatic carbocycles. The number of nitrogens with one attached hydrogen (secondary N) is 1. The minimum absolute atomic E-state index is 0.0603. The third-order valence-corrected chi connectivity index (χ3v) is 8.37. The minimum Gasteiger partial charge on any atom is -0.352 e. The highest BCUT2D eigenvalue weighted by Gasteiger charge is 2.28. The van der Waals surface area contributed by atoms with Gasteiger partial charge in [-0.3, -0.25) is 13.9 Å². The fourth-order valence-corrected chi connectivity index (χ4v) is 5.78. The SMILES string of the molecule is C[C@H](C(=O)NC1CCCCC1)N(Cc1ccc(Br)cc1)C(=O)CCCN(c1ccc(F)cc1)S(C)(=O)=O. The Hall–Kier alpha value is -2.46. The van der Waals surface area contributed by atoms with Crippen molar-refractivity contribution in [2.24, 2.45) is 0 Å². The summed E-state index contributed by atoms with van der Waals surface area (Å²) in [5.74, 6) is -0.875. The van der Waals surface area contributed by atoms with Gasteiger partial charge in [0.2, 0.25) is 21.8 Å². The zero-order valence-corrected chi connectivity index (χ0v) is 23.7. The predicted octanol–water partition coefficient (Wildman–Crippen LogP) is 5.00. The topological polar surface area (TPSA) is 86.8 Å². The van der Waals surface area contributed by atoms with Crippen LogP contribution in [0.4, 0.5) is 10.1 Å². The molecule has 0 bridgehead atoms. The molecular formula is C27H35BrFN3O4S. The van der Waals surface area contributed by atoms with E-state index in [9.17, 15) is 22.4 Å². The van der Waals surface area contributed by atoms with Gasteiger partial charge in [0.05, 0.1) is 11.9 Å². The van der Waals surface area contributed by atoms with Crippen LogP contribution in [0.5, 0.6) is 0 Å². The Morgan fingerprint density at radius 2 is 1.68 bits per heavy atom. The number of sulfonamides is 1. The Balaban J connectivity index is 1.70. The Kier molecular flexibility index (Phi) is 10.5. The first kappa shape index (κ1) is 29.1. The quantitative estimate of drug-likeness (QED) is 0.396. The van der Waals surface area contributed by atoms with E-state index < -0.39 is 21.9 Å². The van der Waals surface area contributed by atoms with E-state index >= 15 is 0 Å². The van der Waals surface area contributed by atoms with Gasteiger partial charge in [0.1, 0.15) is 11.9 Å². The number of halogens is 2. The lowest BCUT2D eigenvalue weighted by Crippen LogP contribution is -2.50. The normalized spacial score (nSPS) is 15.1. The molecule has 0 aliphatic heterocycles. The summed E-state index contributed by atoms with van der Waals surface area (Å²) in [5.41, 5.74) is 1.22. The van der Waals surface area contributed by atoms with Crippen LogP contribution in [0.3, 0.4) is 0 Å². The second-order valence-corrected chi connectivity index (χ2v) is 12.4. The molecule has 0 unspecified atom stereocenters. The third-order valence-electron chi connectivity index (χ3n) is 6.65. The maximum Gasteiger partial charge on any atom is 0.242 e. The first-order chi connectivity index (χ1) is 17.5. The number of carbonyl (C=O) groups is 2. The van der Waals surface area contributed by atoms with Crippen molar-refractivity contribution in [2.75, 3.05) is 17.1 Å². The largest absolute Gasteiger partial charge is 0.352 e. The summed E-state index contributed by atoms with van der Waals surface area (Å²) >= 11 is 3.42. The van der Waals surface area contributed by atoms with E-state index in [2.05, 4.69) is 21.2 Å². The van der Waals surface area contributed by atoms with Gasteiger partial charge >= 0.3 is 0 Å². The zero-order valence-electron chi connectivity index (χ0n) is 21.3. The summed E-state index contributed by atoms with van der Waals surface area (Å²) in [5, 5.41) is 3.11. The lowest BCUT2D eigenvalue weighted by molar-refractivity contribution is -0.141. The van der Waals surface area contributed by atoms with E-state index in [4.69, 9.17) is 0 Å². The minimum atomic E-state index is -3.63. The van der Waals surface area contributed by atoms with Gasteiger partial charge < -0.3 is 10.2 Å². The molecule has 3 rings (SSSR count). The Morgan fingerprint density at radius 1 is 1.05 bits per heavy atom. The number of rotatable bonds is 11. The van der Waals surface area contributed by atoms with Crippen LogP contribution in [-0.2, 0) is 26.2 Å². The lowest BCUT2D eigenvalue weighted by Gasteiger charge is -2.31. The van der Waals surface area contributed by atoms with Crippen molar-refractivity contribution in [3.05, 3.63) is 64.4 Å². The number of hydrogen-bond donors (Lipinski definition) is 1. The molecule has 1 saturated carbocycles.